The molecule has 1 aromatic rings. The summed E-state index contributed by atoms with van der Waals surface area (Å²) in [6.07, 6.45) is 0.845. The first-order valence-electron chi connectivity index (χ1n) is 5.41. The van der Waals surface area contributed by atoms with E-state index in [0.29, 0.717) is 23.2 Å². The summed E-state index contributed by atoms with van der Waals surface area (Å²) in [5, 5.41) is 4.67. The molecule has 0 aliphatic heterocycles. The van der Waals surface area contributed by atoms with Crippen LogP contribution in [0.15, 0.2) is 18.2 Å². The highest BCUT2D eigenvalue weighted by Crippen LogP contribution is 2.23. The van der Waals surface area contributed by atoms with Gasteiger partial charge in [-0.2, -0.15) is 0 Å². The maximum Gasteiger partial charge on any atom is 0.0626 e. The summed E-state index contributed by atoms with van der Waals surface area (Å²) in [6, 6.07) is 5.50. The maximum absolute atomic E-state index is 6.05. The standard InChI is InChI=1S/C12H16Cl3NO/c1-17-8-9(13)5-6-16-7-10-11(14)3-2-4-12(10)15/h2-4,9,16H,5-8H2,1H3. The summed E-state index contributed by atoms with van der Waals surface area (Å²) in [7, 11) is 1.65. The highest BCUT2D eigenvalue weighted by Gasteiger charge is 2.06. The van der Waals surface area contributed by atoms with E-state index in [1.165, 1.54) is 0 Å². The molecule has 0 spiro atoms. The fourth-order valence-corrected chi connectivity index (χ4v) is 2.20. The molecule has 1 N–H and O–H groups in total. The van der Waals surface area contributed by atoms with E-state index in [1.54, 1.807) is 7.11 Å². The van der Waals surface area contributed by atoms with E-state index in [9.17, 15) is 0 Å². The van der Waals surface area contributed by atoms with E-state index in [1.807, 2.05) is 18.2 Å². The van der Waals surface area contributed by atoms with Gasteiger partial charge in [0.1, 0.15) is 0 Å². The quantitative estimate of drug-likeness (QED) is 0.611. The molecule has 1 aromatic carbocycles. The second-order valence-electron chi connectivity index (χ2n) is 3.72. The predicted molar refractivity (Wildman–Crippen MR) is 74.3 cm³/mol. The van der Waals surface area contributed by atoms with Crippen molar-refractivity contribution in [2.75, 3.05) is 20.3 Å². The third kappa shape index (κ3) is 5.45. The highest BCUT2D eigenvalue weighted by atomic mass is 35.5. The molecule has 0 heterocycles. The highest BCUT2D eigenvalue weighted by molar-refractivity contribution is 6.35. The van der Waals surface area contributed by atoms with Gasteiger partial charge in [0, 0.05) is 29.3 Å². The molecule has 96 valence electrons. The first-order chi connectivity index (χ1) is 8.15. The minimum atomic E-state index is 0.0363. The zero-order chi connectivity index (χ0) is 12.7. The topological polar surface area (TPSA) is 21.3 Å². The van der Waals surface area contributed by atoms with Crippen molar-refractivity contribution in [3.05, 3.63) is 33.8 Å². The number of hydrogen-bond acceptors (Lipinski definition) is 2. The van der Waals surface area contributed by atoms with Crippen LogP contribution < -0.4 is 5.32 Å². The van der Waals surface area contributed by atoms with Gasteiger partial charge in [-0.25, -0.2) is 0 Å². The third-order valence-corrected chi connectivity index (χ3v) is 3.40. The van der Waals surface area contributed by atoms with Crippen LogP contribution in [-0.4, -0.2) is 25.6 Å². The van der Waals surface area contributed by atoms with Crippen molar-refractivity contribution < 1.29 is 4.74 Å². The second-order valence-corrected chi connectivity index (χ2v) is 5.15. The minimum absolute atomic E-state index is 0.0363. The molecule has 0 bridgehead atoms. The number of nitrogens with one attached hydrogen (secondary N) is 1. The van der Waals surface area contributed by atoms with E-state index in [-0.39, 0.29) is 5.38 Å². The average Bonchev–Trinajstić information content (AvgIpc) is 2.28. The van der Waals surface area contributed by atoms with Gasteiger partial charge in [0.25, 0.3) is 0 Å². The van der Waals surface area contributed by atoms with Crippen molar-refractivity contribution in [3.63, 3.8) is 0 Å². The molecule has 1 unspecified atom stereocenters. The van der Waals surface area contributed by atoms with Gasteiger partial charge in [-0.1, -0.05) is 29.3 Å². The molecule has 0 radical (unpaired) electrons. The molecule has 17 heavy (non-hydrogen) atoms. The van der Waals surface area contributed by atoms with E-state index in [0.717, 1.165) is 18.5 Å². The van der Waals surface area contributed by atoms with Crippen LogP contribution in [-0.2, 0) is 11.3 Å². The largest absolute Gasteiger partial charge is 0.383 e. The second kappa shape index (κ2) is 8.17. The molecular formula is C12H16Cl3NO. The first kappa shape index (κ1) is 15.1. The van der Waals surface area contributed by atoms with Gasteiger partial charge in [-0.05, 0) is 25.1 Å². The lowest BCUT2D eigenvalue weighted by molar-refractivity contribution is 0.195. The Morgan fingerprint density at radius 1 is 1.29 bits per heavy atom. The Labute approximate surface area is 117 Å². The minimum Gasteiger partial charge on any atom is -0.383 e. The van der Waals surface area contributed by atoms with Gasteiger partial charge in [0.15, 0.2) is 0 Å². The Bertz CT molecular complexity index is 326. The van der Waals surface area contributed by atoms with Gasteiger partial charge >= 0.3 is 0 Å². The van der Waals surface area contributed by atoms with Gasteiger partial charge in [0.2, 0.25) is 0 Å². The molecular weight excluding hydrogens is 280 g/mol. The van der Waals surface area contributed by atoms with Crippen molar-refractivity contribution in [1.29, 1.82) is 0 Å². The van der Waals surface area contributed by atoms with Gasteiger partial charge in [0.05, 0.1) is 12.0 Å². The van der Waals surface area contributed by atoms with Crippen molar-refractivity contribution in [2.24, 2.45) is 0 Å². The summed E-state index contributed by atoms with van der Waals surface area (Å²) < 4.78 is 4.96. The van der Waals surface area contributed by atoms with Crippen molar-refractivity contribution >= 4 is 34.8 Å². The van der Waals surface area contributed by atoms with Crippen LogP contribution in [0.5, 0.6) is 0 Å². The number of halogens is 3. The van der Waals surface area contributed by atoms with E-state index >= 15 is 0 Å². The van der Waals surface area contributed by atoms with Crippen LogP contribution in [0.2, 0.25) is 10.0 Å². The molecule has 2 nitrogen and oxygen atoms in total. The van der Waals surface area contributed by atoms with Crippen molar-refractivity contribution in [1.82, 2.24) is 5.32 Å². The molecule has 1 atom stereocenters. The van der Waals surface area contributed by atoms with Crippen LogP contribution in [0.4, 0.5) is 0 Å². The fraction of sp³-hybridized carbons (Fsp3) is 0.500. The maximum atomic E-state index is 6.05. The molecule has 0 aromatic heterocycles. The lowest BCUT2D eigenvalue weighted by Crippen LogP contribution is -2.20. The third-order valence-electron chi connectivity index (χ3n) is 2.35. The zero-order valence-corrected chi connectivity index (χ0v) is 11.9. The smallest absolute Gasteiger partial charge is 0.0626 e. The number of hydrogen-bond donors (Lipinski definition) is 1. The SMILES string of the molecule is COCC(Cl)CCNCc1c(Cl)cccc1Cl. The first-order valence-corrected chi connectivity index (χ1v) is 6.61. The van der Waals surface area contributed by atoms with Crippen LogP contribution >= 0.6 is 34.8 Å². The summed E-state index contributed by atoms with van der Waals surface area (Å²) in [5.74, 6) is 0. The Hall–Kier alpha value is 0.01000. The number of methoxy groups -OCH3 is 1. The van der Waals surface area contributed by atoms with Crippen molar-refractivity contribution in [3.8, 4) is 0 Å². The number of benzene rings is 1. The van der Waals surface area contributed by atoms with E-state index in [2.05, 4.69) is 5.32 Å². The molecule has 0 aliphatic rings. The molecule has 0 aliphatic carbocycles. The van der Waals surface area contributed by atoms with Crippen molar-refractivity contribution in [2.45, 2.75) is 18.3 Å². The predicted octanol–water partition coefficient (Wildman–Crippen LogP) is 3.73. The Morgan fingerprint density at radius 2 is 1.94 bits per heavy atom. The summed E-state index contributed by atoms with van der Waals surface area (Å²) in [5.41, 5.74) is 0.925. The van der Waals surface area contributed by atoms with E-state index in [4.69, 9.17) is 39.5 Å². The summed E-state index contributed by atoms with van der Waals surface area (Å²) in [6.45, 7) is 2.02. The molecule has 0 fully saturated rings. The normalized spacial score (nSPS) is 12.7. The lowest BCUT2D eigenvalue weighted by Gasteiger charge is -2.11. The number of rotatable bonds is 7. The zero-order valence-electron chi connectivity index (χ0n) is 9.68. The number of alkyl halides is 1. The van der Waals surface area contributed by atoms with Gasteiger partial charge in [-0.3, -0.25) is 0 Å². The molecule has 0 saturated heterocycles. The van der Waals surface area contributed by atoms with Crippen LogP contribution in [0.3, 0.4) is 0 Å². The van der Waals surface area contributed by atoms with Crippen LogP contribution in [0, 0.1) is 0 Å². The molecule has 0 amide bonds. The van der Waals surface area contributed by atoms with Gasteiger partial charge in [-0.15, -0.1) is 11.6 Å². The molecule has 5 heteroatoms. The fourth-order valence-electron chi connectivity index (χ4n) is 1.44. The monoisotopic (exact) mass is 295 g/mol. The average molecular weight is 297 g/mol. The Kier molecular flexibility index (Phi) is 7.24. The van der Waals surface area contributed by atoms with Gasteiger partial charge < -0.3 is 10.1 Å². The lowest BCUT2D eigenvalue weighted by atomic mass is 10.2. The number of ether oxygens (including phenoxy) is 1. The summed E-state index contributed by atoms with van der Waals surface area (Å²) in [4.78, 5) is 0. The Morgan fingerprint density at radius 3 is 2.53 bits per heavy atom. The van der Waals surface area contributed by atoms with Crippen LogP contribution in [0.25, 0.3) is 0 Å². The summed E-state index contributed by atoms with van der Waals surface area (Å²) >= 11 is 18.1. The van der Waals surface area contributed by atoms with E-state index < -0.39 is 0 Å². The van der Waals surface area contributed by atoms with Crippen LogP contribution in [0.1, 0.15) is 12.0 Å². The molecule has 0 saturated carbocycles. The molecule has 1 rings (SSSR count). The Balaban J connectivity index is 2.31.